The van der Waals surface area contributed by atoms with E-state index < -0.39 is 5.92 Å². The molecule has 1 heterocycles. The summed E-state index contributed by atoms with van der Waals surface area (Å²) in [5, 5.41) is 12.4. The molecule has 0 aliphatic rings. The van der Waals surface area contributed by atoms with Gasteiger partial charge in [-0.15, -0.1) is 11.3 Å². The van der Waals surface area contributed by atoms with Gasteiger partial charge in [-0.25, -0.2) is 13.8 Å². The molecular formula is C27H37F2N3OS. The Kier molecular flexibility index (Phi) is 15.3. The minimum absolute atomic E-state index is 0.0207. The number of alkyl halides is 2. The first kappa shape index (κ1) is 31.1. The van der Waals surface area contributed by atoms with Crippen LogP contribution in [0.2, 0.25) is 0 Å². The lowest BCUT2D eigenvalue weighted by molar-refractivity contribution is 0.0636. The number of unbranched alkanes of at least 4 members (excludes halogenated alkanes) is 2. The van der Waals surface area contributed by atoms with Gasteiger partial charge in [0.2, 0.25) is 0 Å². The molecule has 0 saturated heterocycles. The maximum atomic E-state index is 13.6. The number of nitrogens with zero attached hydrogens (tertiary/aromatic N) is 2. The molecular weight excluding hydrogens is 452 g/mol. The largest absolute Gasteiger partial charge is 0.347 e. The maximum absolute atomic E-state index is 13.6. The summed E-state index contributed by atoms with van der Waals surface area (Å²) in [7, 11) is 0. The van der Waals surface area contributed by atoms with E-state index in [0.717, 1.165) is 31.1 Å². The SMILES string of the molecule is CC.CC.CCCC/C=C(\C=C(/C)C(C)(F)F)c1ncc(CNC(=O)c2cccc(C#N)c2)s1. The van der Waals surface area contributed by atoms with Crippen LogP contribution >= 0.6 is 11.3 Å². The molecule has 186 valence electrons. The van der Waals surface area contributed by atoms with Crippen LogP contribution in [0.5, 0.6) is 0 Å². The van der Waals surface area contributed by atoms with Gasteiger partial charge in [0.1, 0.15) is 5.01 Å². The van der Waals surface area contributed by atoms with E-state index in [2.05, 4.69) is 17.2 Å². The molecule has 34 heavy (non-hydrogen) atoms. The number of carbonyl (C=O) groups is 1. The van der Waals surface area contributed by atoms with Crippen LogP contribution in [0.1, 0.15) is 93.5 Å². The highest BCUT2D eigenvalue weighted by molar-refractivity contribution is 7.12. The van der Waals surface area contributed by atoms with Crippen molar-refractivity contribution in [3.8, 4) is 6.07 Å². The Labute approximate surface area is 207 Å². The standard InChI is InChI=1S/C23H25F2N3OS.2C2H6/c1-4-5-6-9-19(11-16(2)23(3,24)25)22-28-15-20(30-22)14-27-21(29)18-10-7-8-17(12-18)13-26;2*1-2/h7-12,15H,4-6,14H2,1-3H3,(H,27,29);2*1-2H3/b16-11+,19-9+;;. The van der Waals surface area contributed by atoms with Crippen LogP contribution in [-0.2, 0) is 6.54 Å². The number of nitrogens with one attached hydrogen (secondary N) is 1. The van der Waals surface area contributed by atoms with Crippen LogP contribution in [-0.4, -0.2) is 16.8 Å². The van der Waals surface area contributed by atoms with Gasteiger partial charge in [0.25, 0.3) is 11.8 Å². The van der Waals surface area contributed by atoms with Gasteiger partial charge in [-0.1, -0.05) is 59.6 Å². The number of carbonyl (C=O) groups excluding carboxylic acids is 1. The summed E-state index contributed by atoms with van der Waals surface area (Å²) in [6.45, 7) is 12.6. The van der Waals surface area contributed by atoms with Gasteiger partial charge >= 0.3 is 0 Å². The lowest BCUT2D eigenvalue weighted by atomic mass is 10.1. The Morgan fingerprint density at radius 1 is 1.26 bits per heavy atom. The Bertz CT molecular complexity index is 982. The number of aromatic nitrogens is 1. The third kappa shape index (κ3) is 10.8. The number of benzene rings is 1. The van der Waals surface area contributed by atoms with Crippen LogP contribution in [0.15, 0.2) is 48.2 Å². The zero-order chi connectivity index (χ0) is 26.1. The summed E-state index contributed by atoms with van der Waals surface area (Å²) in [5.74, 6) is -3.18. The molecule has 7 heteroatoms. The molecule has 2 aromatic rings. The van der Waals surface area contributed by atoms with Crippen molar-refractivity contribution in [2.75, 3.05) is 0 Å². The van der Waals surface area contributed by atoms with Crippen molar-refractivity contribution in [1.29, 1.82) is 5.26 Å². The summed E-state index contributed by atoms with van der Waals surface area (Å²) in [5.41, 5.74) is 1.47. The molecule has 1 N–H and O–H groups in total. The number of allylic oxidation sites excluding steroid dienone is 4. The summed E-state index contributed by atoms with van der Waals surface area (Å²) < 4.78 is 27.3. The van der Waals surface area contributed by atoms with Crippen molar-refractivity contribution >= 4 is 22.8 Å². The number of halogens is 2. The normalized spacial score (nSPS) is 11.4. The zero-order valence-electron chi connectivity index (χ0n) is 21.3. The van der Waals surface area contributed by atoms with Gasteiger partial charge in [0.05, 0.1) is 18.2 Å². The second-order valence-electron chi connectivity index (χ2n) is 7.02. The first-order valence-corrected chi connectivity index (χ1v) is 12.6. The molecule has 4 nitrogen and oxygen atoms in total. The predicted octanol–water partition coefficient (Wildman–Crippen LogP) is 8.17. The number of hydrogen-bond donors (Lipinski definition) is 1. The quantitative estimate of drug-likeness (QED) is 0.285. The molecule has 2 rings (SSSR count). The monoisotopic (exact) mass is 489 g/mol. The van der Waals surface area contributed by atoms with Gasteiger partial charge in [-0.2, -0.15) is 5.26 Å². The molecule has 0 aliphatic heterocycles. The van der Waals surface area contributed by atoms with E-state index in [0.29, 0.717) is 21.7 Å². The van der Waals surface area contributed by atoms with Crippen LogP contribution < -0.4 is 5.32 Å². The Balaban J connectivity index is 0.00000258. The molecule has 1 amide bonds. The second-order valence-corrected chi connectivity index (χ2v) is 8.14. The third-order valence-corrected chi connectivity index (χ3v) is 5.51. The summed E-state index contributed by atoms with van der Waals surface area (Å²) >= 11 is 1.36. The third-order valence-electron chi connectivity index (χ3n) is 4.46. The van der Waals surface area contributed by atoms with E-state index >= 15 is 0 Å². The van der Waals surface area contributed by atoms with Crippen molar-refractivity contribution < 1.29 is 13.6 Å². The van der Waals surface area contributed by atoms with Crippen molar-refractivity contribution in [2.24, 2.45) is 0 Å². The summed E-state index contributed by atoms with van der Waals surface area (Å²) in [4.78, 5) is 17.5. The van der Waals surface area contributed by atoms with Gasteiger partial charge in [0, 0.05) is 29.1 Å². The van der Waals surface area contributed by atoms with Gasteiger partial charge in [-0.3, -0.25) is 4.79 Å². The minimum atomic E-state index is -2.89. The van der Waals surface area contributed by atoms with Crippen molar-refractivity contribution in [1.82, 2.24) is 10.3 Å². The minimum Gasteiger partial charge on any atom is -0.347 e. The maximum Gasteiger partial charge on any atom is 0.266 e. The molecule has 0 spiro atoms. The van der Waals surface area contributed by atoms with Crippen LogP contribution in [0.25, 0.3) is 5.57 Å². The second kappa shape index (κ2) is 16.7. The van der Waals surface area contributed by atoms with Crippen LogP contribution in [0.3, 0.4) is 0 Å². The lowest BCUT2D eigenvalue weighted by Gasteiger charge is -2.11. The number of hydrogen-bond acceptors (Lipinski definition) is 4. The summed E-state index contributed by atoms with van der Waals surface area (Å²) in [6.07, 6.45) is 7.84. The van der Waals surface area contributed by atoms with Crippen molar-refractivity contribution in [2.45, 2.75) is 80.2 Å². The molecule has 0 aliphatic carbocycles. The number of amides is 1. The average molecular weight is 490 g/mol. The highest BCUT2D eigenvalue weighted by Crippen LogP contribution is 2.29. The van der Waals surface area contributed by atoms with Crippen molar-refractivity contribution in [3.63, 3.8) is 0 Å². The Morgan fingerprint density at radius 3 is 2.53 bits per heavy atom. The van der Waals surface area contributed by atoms with E-state index in [1.54, 1.807) is 24.4 Å². The Morgan fingerprint density at radius 2 is 1.94 bits per heavy atom. The highest BCUT2D eigenvalue weighted by Gasteiger charge is 2.24. The Hall–Kier alpha value is -2.85. The lowest BCUT2D eigenvalue weighted by Crippen LogP contribution is -2.22. The molecule has 0 fully saturated rings. The number of nitriles is 1. The number of rotatable bonds is 9. The van der Waals surface area contributed by atoms with Gasteiger partial charge < -0.3 is 5.32 Å². The van der Waals surface area contributed by atoms with Gasteiger partial charge in [-0.05, 0) is 43.2 Å². The van der Waals surface area contributed by atoms with E-state index in [-0.39, 0.29) is 18.0 Å². The molecule has 0 radical (unpaired) electrons. The first-order valence-electron chi connectivity index (χ1n) is 11.7. The molecule has 0 bridgehead atoms. The summed E-state index contributed by atoms with van der Waals surface area (Å²) in [6, 6.07) is 8.46. The van der Waals surface area contributed by atoms with Gasteiger partial charge in [0.15, 0.2) is 0 Å². The molecule has 1 aromatic heterocycles. The topological polar surface area (TPSA) is 65.8 Å². The molecule has 0 atom stereocenters. The fraction of sp³-hybridized carbons (Fsp3) is 0.444. The fourth-order valence-electron chi connectivity index (χ4n) is 2.55. The highest BCUT2D eigenvalue weighted by atomic mass is 32.1. The van der Waals surface area contributed by atoms with Crippen molar-refractivity contribution in [3.05, 3.63) is 69.2 Å². The van der Waals surface area contributed by atoms with E-state index in [1.165, 1.54) is 30.4 Å². The van der Waals surface area contributed by atoms with Crippen LogP contribution in [0, 0.1) is 11.3 Å². The molecule has 0 saturated carbocycles. The predicted molar refractivity (Wildman–Crippen MR) is 139 cm³/mol. The van der Waals surface area contributed by atoms with Crippen LogP contribution in [0.4, 0.5) is 8.78 Å². The first-order chi connectivity index (χ1) is 16.2. The smallest absolute Gasteiger partial charge is 0.266 e. The number of thiazole rings is 1. The van der Waals surface area contributed by atoms with E-state index in [1.807, 2.05) is 39.8 Å². The fourth-order valence-corrected chi connectivity index (χ4v) is 3.42. The molecule has 1 aromatic carbocycles. The zero-order valence-corrected chi connectivity index (χ0v) is 22.2. The van der Waals surface area contributed by atoms with E-state index in [4.69, 9.17) is 5.26 Å². The average Bonchev–Trinajstić information content (AvgIpc) is 3.33. The van der Waals surface area contributed by atoms with E-state index in [9.17, 15) is 13.6 Å². The molecule has 0 unspecified atom stereocenters.